The Bertz CT molecular complexity index is 1310. The Kier molecular flexibility index (Phi) is 8.68. The molecule has 4 rings (SSSR count). The number of likely N-dealkylation sites (tertiary alicyclic amines) is 1. The molecule has 188 valence electrons. The number of nitrogens with zero attached hydrogens (tertiary/aromatic N) is 2. The third-order valence-corrected chi connectivity index (χ3v) is 7.27. The van der Waals surface area contributed by atoms with E-state index in [0.29, 0.717) is 70.3 Å². The summed E-state index contributed by atoms with van der Waals surface area (Å²) < 4.78 is 20.7. The minimum atomic E-state index is -1.22. The van der Waals surface area contributed by atoms with Crippen molar-refractivity contribution in [1.82, 2.24) is 9.88 Å². The zero-order valence-electron chi connectivity index (χ0n) is 19.9. The molecule has 3 atom stereocenters. The van der Waals surface area contributed by atoms with Crippen LogP contribution in [0.15, 0.2) is 48.7 Å². The Labute approximate surface area is 220 Å². The van der Waals surface area contributed by atoms with Gasteiger partial charge in [-0.3, -0.25) is 14.7 Å². The van der Waals surface area contributed by atoms with Crippen LogP contribution in [0.4, 0.5) is 4.39 Å². The first kappa shape index (κ1) is 26.2. The lowest BCUT2D eigenvalue weighted by atomic mass is 9.81. The van der Waals surface area contributed by atoms with Crippen molar-refractivity contribution in [2.75, 3.05) is 26.7 Å². The molecule has 1 aromatic heterocycles. The van der Waals surface area contributed by atoms with Gasteiger partial charge in [0.2, 0.25) is 0 Å². The SMILES string of the molecule is COc1ccc2nccc([C@H](F)CC[C@@H]3CCN(CC#Cc4ccc(Cl)cc4Cl)C[C@@H]3C(=O)O)c2c1. The molecule has 0 spiro atoms. The summed E-state index contributed by atoms with van der Waals surface area (Å²) in [5.41, 5.74) is 1.94. The van der Waals surface area contributed by atoms with Crippen molar-refractivity contribution in [1.29, 1.82) is 0 Å². The van der Waals surface area contributed by atoms with Crippen molar-refractivity contribution < 1.29 is 19.0 Å². The second-order valence-corrected chi connectivity index (χ2v) is 9.83. The maximum Gasteiger partial charge on any atom is 0.308 e. The molecule has 0 bridgehead atoms. The van der Waals surface area contributed by atoms with Crippen LogP contribution in [0, 0.1) is 23.7 Å². The highest BCUT2D eigenvalue weighted by Crippen LogP contribution is 2.35. The van der Waals surface area contributed by atoms with Gasteiger partial charge in [0.15, 0.2) is 0 Å². The number of aromatic nitrogens is 1. The number of carboxylic acids is 1. The number of pyridine rings is 1. The number of fused-ring (bicyclic) bond motifs is 1. The molecule has 0 radical (unpaired) electrons. The topological polar surface area (TPSA) is 62.7 Å². The molecule has 0 aliphatic carbocycles. The van der Waals surface area contributed by atoms with Crippen LogP contribution in [-0.4, -0.2) is 47.7 Å². The molecule has 8 heteroatoms. The summed E-state index contributed by atoms with van der Waals surface area (Å²) in [6.45, 7) is 1.53. The molecular formula is C28H27Cl2FN2O3. The Hall–Kier alpha value is -2.85. The fraction of sp³-hybridized carbons (Fsp3) is 0.357. The van der Waals surface area contributed by atoms with Gasteiger partial charge in [-0.2, -0.15) is 0 Å². The van der Waals surface area contributed by atoms with E-state index in [0.717, 1.165) is 0 Å². The van der Waals surface area contributed by atoms with Gasteiger partial charge in [-0.05, 0) is 79.8 Å². The van der Waals surface area contributed by atoms with E-state index < -0.39 is 18.1 Å². The van der Waals surface area contributed by atoms with Gasteiger partial charge in [0.25, 0.3) is 0 Å². The number of carbonyl (C=O) groups is 1. The maximum absolute atomic E-state index is 15.4. The summed E-state index contributed by atoms with van der Waals surface area (Å²) in [6, 6.07) is 12.2. The van der Waals surface area contributed by atoms with E-state index in [9.17, 15) is 9.90 Å². The molecule has 1 fully saturated rings. The van der Waals surface area contributed by atoms with Gasteiger partial charge < -0.3 is 9.84 Å². The van der Waals surface area contributed by atoms with E-state index in [1.165, 1.54) is 0 Å². The molecule has 3 aromatic rings. The maximum atomic E-state index is 15.4. The summed E-state index contributed by atoms with van der Waals surface area (Å²) >= 11 is 12.1. The monoisotopic (exact) mass is 528 g/mol. The predicted octanol–water partition coefficient (Wildman–Crippen LogP) is 6.42. The van der Waals surface area contributed by atoms with Crippen molar-refractivity contribution >= 4 is 40.1 Å². The number of halogens is 3. The minimum Gasteiger partial charge on any atom is -0.497 e. The lowest BCUT2D eigenvalue weighted by Crippen LogP contribution is -2.44. The summed E-state index contributed by atoms with van der Waals surface area (Å²) in [6.07, 6.45) is 1.81. The minimum absolute atomic E-state index is 0.0988. The van der Waals surface area contributed by atoms with Crippen LogP contribution >= 0.6 is 23.2 Å². The first-order valence-electron chi connectivity index (χ1n) is 11.8. The number of piperidine rings is 1. The van der Waals surface area contributed by atoms with Crippen LogP contribution in [0.1, 0.15) is 36.6 Å². The zero-order chi connectivity index (χ0) is 25.7. The summed E-state index contributed by atoms with van der Waals surface area (Å²) in [7, 11) is 1.57. The van der Waals surface area contributed by atoms with Crippen LogP contribution in [0.5, 0.6) is 5.75 Å². The van der Waals surface area contributed by atoms with Gasteiger partial charge in [0.1, 0.15) is 11.9 Å². The normalized spacial score (nSPS) is 18.9. The first-order chi connectivity index (χ1) is 17.4. The smallest absolute Gasteiger partial charge is 0.308 e. The van der Waals surface area contributed by atoms with Crippen molar-refractivity contribution in [2.45, 2.75) is 25.4 Å². The van der Waals surface area contributed by atoms with E-state index >= 15 is 4.39 Å². The zero-order valence-corrected chi connectivity index (χ0v) is 21.4. The van der Waals surface area contributed by atoms with Crippen LogP contribution in [0.25, 0.3) is 10.9 Å². The Balaban J connectivity index is 1.38. The van der Waals surface area contributed by atoms with Gasteiger partial charge in [-0.25, -0.2) is 4.39 Å². The van der Waals surface area contributed by atoms with Gasteiger partial charge in [-0.15, -0.1) is 0 Å². The number of alkyl halides is 1. The number of hydrogen-bond donors (Lipinski definition) is 1. The standard InChI is InChI=1S/C28H27Cl2FN2O3/c1-36-21-7-9-27-23(16-21)22(10-12-32-27)26(31)8-5-18-11-14-33(17-24(18)28(34)35)13-2-3-19-4-6-20(29)15-25(19)30/h4,6-7,9-10,12,15-16,18,24,26H,5,8,11,13-14,17H2,1H3,(H,34,35)/t18-,24+,26-/m1/s1. The fourth-order valence-corrected chi connectivity index (χ4v) is 5.19. The van der Waals surface area contributed by atoms with E-state index in [1.54, 1.807) is 49.7 Å². The second kappa shape index (κ2) is 11.9. The summed E-state index contributed by atoms with van der Waals surface area (Å²) in [4.78, 5) is 18.4. The van der Waals surface area contributed by atoms with Crippen LogP contribution < -0.4 is 4.74 Å². The van der Waals surface area contributed by atoms with Gasteiger partial charge in [0.05, 0.1) is 30.1 Å². The van der Waals surface area contributed by atoms with Crippen molar-refractivity contribution in [3.63, 3.8) is 0 Å². The third kappa shape index (κ3) is 6.28. The Morgan fingerprint density at radius 1 is 1.28 bits per heavy atom. The van der Waals surface area contributed by atoms with Gasteiger partial charge >= 0.3 is 5.97 Å². The molecule has 0 saturated carbocycles. The molecule has 0 amide bonds. The summed E-state index contributed by atoms with van der Waals surface area (Å²) in [5.74, 6) is 5.24. The van der Waals surface area contributed by atoms with E-state index in [4.69, 9.17) is 27.9 Å². The molecular weight excluding hydrogens is 502 g/mol. The van der Waals surface area contributed by atoms with Crippen molar-refractivity contribution in [3.05, 3.63) is 69.8 Å². The van der Waals surface area contributed by atoms with E-state index in [1.807, 2.05) is 11.0 Å². The average molecular weight is 529 g/mol. The number of ether oxygens (including phenoxy) is 1. The highest BCUT2D eigenvalue weighted by atomic mass is 35.5. The molecule has 5 nitrogen and oxygen atoms in total. The Morgan fingerprint density at radius 2 is 2.11 bits per heavy atom. The molecule has 1 N–H and O–H groups in total. The van der Waals surface area contributed by atoms with Crippen molar-refractivity contribution in [3.8, 4) is 17.6 Å². The van der Waals surface area contributed by atoms with E-state index in [2.05, 4.69) is 16.8 Å². The molecule has 2 heterocycles. The molecule has 0 unspecified atom stereocenters. The largest absolute Gasteiger partial charge is 0.497 e. The van der Waals surface area contributed by atoms with Crippen LogP contribution in [0.2, 0.25) is 10.0 Å². The number of hydrogen-bond acceptors (Lipinski definition) is 4. The second-order valence-electron chi connectivity index (χ2n) is 8.98. The quantitative estimate of drug-likeness (QED) is 0.358. The average Bonchev–Trinajstić information content (AvgIpc) is 2.88. The molecule has 2 aromatic carbocycles. The summed E-state index contributed by atoms with van der Waals surface area (Å²) in [5, 5.41) is 11.6. The fourth-order valence-electron chi connectivity index (χ4n) is 4.74. The number of methoxy groups -OCH3 is 1. The first-order valence-corrected chi connectivity index (χ1v) is 12.6. The van der Waals surface area contributed by atoms with Crippen molar-refractivity contribution in [2.24, 2.45) is 11.8 Å². The number of carboxylic acid groups (broad SMARTS) is 1. The predicted molar refractivity (Wildman–Crippen MR) is 140 cm³/mol. The highest BCUT2D eigenvalue weighted by molar-refractivity contribution is 6.35. The van der Waals surface area contributed by atoms with Crippen LogP contribution in [0.3, 0.4) is 0 Å². The van der Waals surface area contributed by atoms with Crippen LogP contribution in [-0.2, 0) is 4.79 Å². The Morgan fingerprint density at radius 3 is 2.86 bits per heavy atom. The molecule has 1 aliphatic heterocycles. The number of rotatable bonds is 7. The van der Waals surface area contributed by atoms with E-state index in [-0.39, 0.29) is 12.3 Å². The molecule has 36 heavy (non-hydrogen) atoms. The molecule has 1 saturated heterocycles. The van der Waals surface area contributed by atoms with Gasteiger partial charge in [0, 0.05) is 28.7 Å². The van der Waals surface area contributed by atoms with Gasteiger partial charge in [-0.1, -0.05) is 35.0 Å². The lowest BCUT2D eigenvalue weighted by Gasteiger charge is -2.35. The molecule has 1 aliphatic rings. The number of aliphatic carboxylic acids is 1. The number of benzene rings is 2. The third-order valence-electron chi connectivity index (χ3n) is 6.72. The highest BCUT2D eigenvalue weighted by Gasteiger charge is 2.34. The lowest BCUT2D eigenvalue weighted by molar-refractivity contribution is -0.146.